The molecule has 2 atom stereocenters. The number of nitrogens with one attached hydrogen (secondary N) is 2. The van der Waals surface area contributed by atoms with Gasteiger partial charge in [0, 0.05) is 28.7 Å². The van der Waals surface area contributed by atoms with Crippen LogP contribution in [0.4, 0.5) is 21.8 Å². The fourth-order valence-corrected chi connectivity index (χ4v) is 5.58. The maximum absolute atomic E-state index is 14.6. The van der Waals surface area contributed by atoms with E-state index in [4.69, 9.17) is 9.47 Å². The van der Waals surface area contributed by atoms with E-state index in [0.29, 0.717) is 42.9 Å². The minimum atomic E-state index is -0.475. The van der Waals surface area contributed by atoms with E-state index < -0.39 is 5.82 Å². The van der Waals surface area contributed by atoms with Gasteiger partial charge in [0.15, 0.2) is 11.6 Å². The molecule has 3 aliphatic heterocycles. The van der Waals surface area contributed by atoms with Crippen LogP contribution in [0, 0.1) is 22.6 Å². The van der Waals surface area contributed by atoms with Crippen molar-refractivity contribution in [3.05, 3.63) is 35.8 Å². The van der Waals surface area contributed by atoms with Crippen LogP contribution in [-0.2, 0) is 4.74 Å². The van der Waals surface area contributed by atoms with Crippen LogP contribution in [0.15, 0.2) is 24.4 Å². The zero-order valence-corrected chi connectivity index (χ0v) is 20.6. The van der Waals surface area contributed by atoms with Crippen molar-refractivity contribution in [3.8, 4) is 11.8 Å². The second kappa shape index (κ2) is 9.25. The third-order valence-electron chi connectivity index (χ3n) is 7.38. The third kappa shape index (κ3) is 5.04. The van der Waals surface area contributed by atoms with Crippen molar-refractivity contribution in [1.29, 1.82) is 5.26 Å². The van der Waals surface area contributed by atoms with E-state index in [-0.39, 0.29) is 28.8 Å². The lowest BCUT2D eigenvalue weighted by Gasteiger charge is -2.47. The molecule has 35 heavy (non-hydrogen) atoms. The van der Waals surface area contributed by atoms with E-state index in [1.807, 2.05) is 0 Å². The number of hydrogen-bond donors (Lipinski definition) is 2. The van der Waals surface area contributed by atoms with Gasteiger partial charge >= 0.3 is 0 Å². The zero-order chi connectivity index (χ0) is 24.6. The quantitative estimate of drug-likeness (QED) is 0.600. The van der Waals surface area contributed by atoms with E-state index in [1.165, 1.54) is 19.0 Å². The molecule has 3 fully saturated rings. The van der Waals surface area contributed by atoms with Crippen molar-refractivity contribution in [2.75, 3.05) is 37.0 Å². The number of hydrogen-bond acceptors (Lipinski definition) is 8. The highest BCUT2D eigenvalue weighted by atomic mass is 19.1. The Morgan fingerprint density at radius 1 is 1.31 bits per heavy atom. The van der Waals surface area contributed by atoms with E-state index in [1.54, 1.807) is 18.2 Å². The van der Waals surface area contributed by atoms with Gasteiger partial charge in [0.2, 0.25) is 5.95 Å². The number of ether oxygens (including phenoxy) is 2. The standard InChI is InChI=1S/C26H33FN6O2/c1-25(2)11-19(10-20-5-4-8-33(20)25)30-23-21(27)13-29-24(32-23)31-18-6-7-22(17(9-18)12-28)35-16-26(3)14-34-15-26/h6-7,9,13,19-20H,4-5,8,10-11,14-16H2,1-3H3,(H2,29,30,31,32). The van der Waals surface area contributed by atoms with Gasteiger partial charge in [-0.15, -0.1) is 0 Å². The van der Waals surface area contributed by atoms with Crippen molar-refractivity contribution in [2.24, 2.45) is 5.41 Å². The Labute approximate surface area is 205 Å². The van der Waals surface area contributed by atoms with Crippen molar-refractivity contribution in [2.45, 2.75) is 64.1 Å². The second-order valence-electron chi connectivity index (χ2n) is 11.0. The summed E-state index contributed by atoms with van der Waals surface area (Å²) in [5.74, 6) is 0.515. The molecule has 0 radical (unpaired) electrons. The molecule has 4 heterocycles. The molecule has 0 amide bonds. The normalized spacial score (nSPS) is 24.7. The van der Waals surface area contributed by atoms with Gasteiger partial charge in [-0.25, -0.2) is 9.37 Å². The first kappa shape index (κ1) is 23.8. The first-order chi connectivity index (χ1) is 16.7. The smallest absolute Gasteiger partial charge is 0.229 e. The highest BCUT2D eigenvalue weighted by Crippen LogP contribution is 2.38. The monoisotopic (exact) mass is 480 g/mol. The number of benzene rings is 1. The average molecular weight is 481 g/mol. The van der Waals surface area contributed by atoms with Crippen LogP contribution >= 0.6 is 0 Å². The molecule has 0 aliphatic carbocycles. The van der Waals surface area contributed by atoms with Gasteiger partial charge in [0.25, 0.3) is 0 Å². The first-order valence-electron chi connectivity index (χ1n) is 12.3. The highest BCUT2D eigenvalue weighted by Gasteiger charge is 2.43. The molecule has 3 saturated heterocycles. The molecular formula is C26H33FN6O2. The van der Waals surface area contributed by atoms with Crippen LogP contribution in [0.25, 0.3) is 0 Å². The average Bonchev–Trinajstić information content (AvgIpc) is 3.28. The second-order valence-corrected chi connectivity index (χ2v) is 11.0. The Balaban J connectivity index is 1.27. The van der Waals surface area contributed by atoms with Crippen molar-refractivity contribution < 1.29 is 13.9 Å². The molecule has 5 rings (SSSR count). The molecular weight excluding hydrogens is 447 g/mol. The maximum atomic E-state index is 14.6. The Morgan fingerprint density at radius 2 is 2.14 bits per heavy atom. The van der Waals surface area contributed by atoms with Gasteiger partial charge in [-0.3, -0.25) is 4.90 Å². The number of halogens is 1. The highest BCUT2D eigenvalue weighted by molar-refractivity contribution is 5.61. The number of rotatable bonds is 7. The lowest BCUT2D eigenvalue weighted by Crippen LogP contribution is -2.55. The summed E-state index contributed by atoms with van der Waals surface area (Å²) in [7, 11) is 0. The molecule has 0 spiro atoms. The molecule has 186 valence electrons. The van der Waals surface area contributed by atoms with Crippen molar-refractivity contribution >= 4 is 17.5 Å². The van der Waals surface area contributed by atoms with Crippen LogP contribution < -0.4 is 15.4 Å². The first-order valence-corrected chi connectivity index (χ1v) is 12.3. The predicted molar refractivity (Wildman–Crippen MR) is 131 cm³/mol. The summed E-state index contributed by atoms with van der Waals surface area (Å²) in [5, 5.41) is 16.0. The molecule has 0 bridgehead atoms. The summed E-state index contributed by atoms with van der Waals surface area (Å²) in [5.41, 5.74) is 1.09. The molecule has 3 aliphatic rings. The lowest BCUT2D eigenvalue weighted by molar-refractivity contribution is -0.120. The number of aromatic nitrogens is 2. The lowest BCUT2D eigenvalue weighted by atomic mass is 9.84. The maximum Gasteiger partial charge on any atom is 0.229 e. The van der Waals surface area contributed by atoms with E-state index in [9.17, 15) is 9.65 Å². The number of nitrogens with zero attached hydrogens (tertiary/aromatic N) is 4. The third-order valence-corrected chi connectivity index (χ3v) is 7.38. The minimum absolute atomic E-state index is 0.0153. The van der Waals surface area contributed by atoms with Crippen LogP contribution in [0.2, 0.25) is 0 Å². The summed E-state index contributed by atoms with van der Waals surface area (Å²) in [6.45, 7) is 9.57. The Bertz CT molecular complexity index is 1130. The summed E-state index contributed by atoms with van der Waals surface area (Å²) in [6, 6.07) is 8.10. The molecule has 9 heteroatoms. The summed E-state index contributed by atoms with van der Waals surface area (Å²) < 4.78 is 25.8. The number of anilines is 3. The van der Waals surface area contributed by atoms with Crippen molar-refractivity contribution in [1.82, 2.24) is 14.9 Å². The van der Waals surface area contributed by atoms with Gasteiger partial charge in [-0.2, -0.15) is 10.2 Å². The molecule has 1 aromatic heterocycles. The predicted octanol–water partition coefficient (Wildman–Crippen LogP) is 4.46. The van der Waals surface area contributed by atoms with Crippen molar-refractivity contribution in [3.63, 3.8) is 0 Å². The van der Waals surface area contributed by atoms with E-state index in [2.05, 4.69) is 52.3 Å². The fourth-order valence-electron chi connectivity index (χ4n) is 5.58. The largest absolute Gasteiger partial charge is 0.491 e. The molecule has 1 aromatic carbocycles. The number of fused-ring (bicyclic) bond motifs is 1. The summed E-state index contributed by atoms with van der Waals surface area (Å²) in [6.07, 6.45) is 5.49. The van der Waals surface area contributed by atoms with Crippen LogP contribution in [0.3, 0.4) is 0 Å². The SMILES string of the molecule is CC1(COc2ccc(Nc3ncc(F)c(NC4CC5CCCN5C(C)(C)C4)n3)cc2C#N)COC1. The van der Waals surface area contributed by atoms with E-state index in [0.717, 1.165) is 19.4 Å². The Kier molecular flexibility index (Phi) is 6.28. The Hall–Kier alpha value is -2.96. The minimum Gasteiger partial charge on any atom is -0.491 e. The van der Waals surface area contributed by atoms with Gasteiger partial charge in [-0.05, 0) is 64.3 Å². The van der Waals surface area contributed by atoms with E-state index >= 15 is 0 Å². The fraction of sp³-hybridized carbons (Fsp3) is 0.577. The molecule has 2 unspecified atom stereocenters. The van der Waals surface area contributed by atoms with Gasteiger partial charge in [0.05, 0.1) is 31.6 Å². The zero-order valence-electron chi connectivity index (χ0n) is 20.6. The molecule has 0 saturated carbocycles. The summed E-state index contributed by atoms with van der Waals surface area (Å²) >= 11 is 0. The van der Waals surface area contributed by atoms with Crippen LogP contribution in [0.5, 0.6) is 5.75 Å². The number of nitriles is 1. The molecule has 8 nitrogen and oxygen atoms in total. The van der Waals surface area contributed by atoms with Crippen LogP contribution in [-0.4, -0.2) is 58.9 Å². The summed E-state index contributed by atoms with van der Waals surface area (Å²) in [4.78, 5) is 11.1. The molecule has 2 N–H and O–H groups in total. The van der Waals surface area contributed by atoms with Crippen LogP contribution in [0.1, 0.15) is 52.0 Å². The van der Waals surface area contributed by atoms with Gasteiger partial charge in [0.1, 0.15) is 11.8 Å². The Morgan fingerprint density at radius 3 is 2.89 bits per heavy atom. The van der Waals surface area contributed by atoms with Gasteiger partial charge in [-0.1, -0.05) is 6.92 Å². The molecule has 2 aromatic rings. The number of piperidine rings is 1. The topological polar surface area (TPSA) is 95.3 Å². The van der Waals surface area contributed by atoms with Gasteiger partial charge < -0.3 is 20.1 Å².